The molecule has 0 aliphatic heterocycles. The summed E-state index contributed by atoms with van der Waals surface area (Å²) in [6.45, 7) is 0.281. The Bertz CT molecular complexity index is 609. The highest BCUT2D eigenvalue weighted by molar-refractivity contribution is 9.10. The van der Waals surface area contributed by atoms with Gasteiger partial charge in [0.15, 0.2) is 5.75 Å². The quantitative estimate of drug-likeness (QED) is 0.631. The van der Waals surface area contributed by atoms with Gasteiger partial charge in [0.1, 0.15) is 12.4 Å². The summed E-state index contributed by atoms with van der Waals surface area (Å²) in [6.07, 6.45) is 0. The lowest BCUT2D eigenvalue weighted by molar-refractivity contribution is 0.297. The fourth-order valence-corrected chi connectivity index (χ4v) is 3.01. The molecule has 6 heteroatoms. The Balaban J connectivity index is 2.23. The van der Waals surface area contributed by atoms with E-state index >= 15 is 0 Å². The Morgan fingerprint density at radius 3 is 2.30 bits per heavy atom. The molecule has 2 nitrogen and oxygen atoms in total. The second-order valence-electron chi connectivity index (χ2n) is 3.94. The van der Waals surface area contributed by atoms with Crippen molar-refractivity contribution in [3.8, 4) is 11.5 Å². The number of rotatable bonds is 4. The molecule has 0 aliphatic rings. The summed E-state index contributed by atoms with van der Waals surface area (Å²) in [5.74, 6) is 1.13. The molecular formula is C14H10BrCl3O2. The van der Waals surface area contributed by atoms with Gasteiger partial charge in [-0.1, -0.05) is 50.7 Å². The van der Waals surface area contributed by atoms with Crippen molar-refractivity contribution >= 4 is 50.7 Å². The first-order valence-corrected chi connectivity index (χ1v) is 7.53. The zero-order valence-electron chi connectivity index (χ0n) is 10.4. The standard InChI is InChI=1S/C14H10BrCl3O2/c1-19-13-3-2-9(15)4-8(13)7-20-14-11(17)5-10(16)6-12(14)18/h2-6H,7H2,1H3. The van der Waals surface area contributed by atoms with Crippen molar-refractivity contribution in [1.29, 1.82) is 0 Å². The molecule has 2 rings (SSSR count). The molecule has 0 atom stereocenters. The molecule has 0 aromatic heterocycles. The Kier molecular flexibility index (Phi) is 5.44. The highest BCUT2D eigenvalue weighted by Crippen LogP contribution is 2.36. The van der Waals surface area contributed by atoms with E-state index in [1.807, 2.05) is 18.2 Å². The van der Waals surface area contributed by atoms with E-state index in [1.165, 1.54) is 0 Å². The predicted molar refractivity (Wildman–Crippen MR) is 86.5 cm³/mol. The maximum absolute atomic E-state index is 6.07. The van der Waals surface area contributed by atoms with Crippen molar-refractivity contribution < 1.29 is 9.47 Å². The average Bonchev–Trinajstić information content (AvgIpc) is 2.37. The third-order valence-corrected chi connectivity index (χ3v) is 3.85. The third kappa shape index (κ3) is 3.73. The van der Waals surface area contributed by atoms with Crippen molar-refractivity contribution in [1.82, 2.24) is 0 Å². The molecule has 0 aliphatic carbocycles. The number of methoxy groups -OCH3 is 1. The van der Waals surface area contributed by atoms with E-state index in [1.54, 1.807) is 19.2 Å². The predicted octanol–water partition coefficient (Wildman–Crippen LogP) is 6.00. The molecule has 0 N–H and O–H groups in total. The third-order valence-electron chi connectivity index (χ3n) is 2.58. The van der Waals surface area contributed by atoms with Crippen molar-refractivity contribution in [3.63, 3.8) is 0 Å². The number of ether oxygens (including phenoxy) is 2. The van der Waals surface area contributed by atoms with Crippen LogP contribution in [-0.4, -0.2) is 7.11 Å². The molecule has 0 spiro atoms. The highest BCUT2D eigenvalue weighted by atomic mass is 79.9. The Labute approximate surface area is 140 Å². The van der Waals surface area contributed by atoms with E-state index in [2.05, 4.69) is 15.9 Å². The van der Waals surface area contributed by atoms with Crippen LogP contribution in [0.5, 0.6) is 11.5 Å². The molecule has 106 valence electrons. The van der Waals surface area contributed by atoms with Crippen LogP contribution in [0.4, 0.5) is 0 Å². The summed E-state index contributed by atoms with van der Waals surface area (Å²) in [6, 6.07) is 8.83. The van der Waals surface area contributed by atoms with Gasteiger partial charge in [-0.25, -0.2) is 0 Å². The fourth-order valence-electron chi connectivity index (χ4n) is 1.68. The van der Waals surface area contributed by atoms with Gasteiger partial charge < -0.3 is 9.47 Å². The van der Waals surface area contributed by atoms with Gasteiger partial charge in [0.25, 0.3) is 0 Å². The van der Waals surface area contributed by atoms with Crippen molar-refractivity contribution in [2.75, 3.05) is 7.11 Å². The lowest BCUT2D eigenvalue weighted by Gasteiger charge is -2.13. The molecular weight excluding hydrogens is 386 g/mol. The van der Waals surface area contributed by atoms with E-state index < -0.39 is 0 Å². The van der Waals surface area contributed by atoms with Gasteiger partial charge in [-0.15, -0.1) is 0 Å². The molecule has 20 heavy (non-hydrogen) atoms. The first-order valence-electron chi connectivity index (χ1n) is 5.61. The van der Waals surface area contributed by atoms with Crippen LogP contribution in [0, 0.1) is 0 Å². The molecule has 0 radical (unpaired) electrons. The second-order valence-corrected chi connectivity index (χ2v) is 6.11. The van der Waals surface area contributed by atoms with Crippen molar-refractivity contribution in [3.05, 3.63) is 55.4 Å². The van der Waals surface area contributed by atoms with Crippen LogP contribution in [0.2, 0.25) is 15.1 Å². The molecule has 0 heterocycles. The normalized spacial score (nSPS) is 10.4. The number of hydrogen-bond donors (Lipinski definition) is 0. The largest absolute Gasteiger partial charge is 0.496 e. The maximum Gasteiger partial charge on any atom is 0.157 e. The van der Waals surface area contributed by atoms with Gasteiger partial charge in [-0.05, 0) is 30.3 Å². The van der Waals surface area contributed by atoms with Crippen LogP contribution in [0.3, 0.4) is 0 Å². The van der Waals surface area contributed by atoms with Crippen LogP contribution in [0.1, 0.15) is 5.56 Å². The number of hydrogen-bond acceptors (Lipinski definition) is 2. The van der Waals surface area contributed by atoms with Gasteiger partial charge in [0.2, 0.25) is 0 Å². The Morgan fingerprint density at radius 1 is 1.05 bits per heavy atom. The lowest BCUT2D eigenvalue weighted by Crippen LogP contribution is -1.99. The minimum atomic E-state index is 0.281. The van der Waals surface area contributed by atoms with Gasteiger partial charge in [0.05, 0.1) is 17.2 Å². The smallest absolute Gasteiger partial charge is 0.157 e. The van der Waals surface area contributed by atoms with E-state index in [-0.39, 0.29) is 6.61 Å². The number of benzene rings is 2. The van der Waals surface area contributed by atoms with Crippen LogP contribution in [0.25, 0.3) is 0 Å². The molecule has 2 aromatic rings. The van der Waals surface area contributed by atoms with Gasteiger partial charge in [0, 0.05) is 15.1 Å². The van der Waals surface area contributed by atoms with E-state index in [4.69, 9.17) is 44.3 Å². The van der Waals surface area contributed by atoms with Crippen molar-refractivity contribution in [2.45, 2.75) is 6.61 Å². The molecule has 0 amide bonds. The summed E-state index contributed by atoms with van der Waals surface area (Å²) >= 11 is 21.4. The minimum Gasteiger partial charge on any atom is -0.496 e. The lowest BCUT2D eigenvalue weighted by atomic mass is 10.2. The fraction of sp³-hybridized carbons (Fsp3) is 0.143. The molecule has 2 aromatic carbocycles. The van der Waals surface area contributed by atoms with E-state index in [0.717, 1.165) is 15.8 Å². The van der Waals surface area contributed by atoms with Crippen LogP contribution in [0.15, 0.2) is 34.8 Å². The zero-order valence-corrected chi connectivity index (χ0v) is 14.3. The summed E-state index contributed by atoms with van der Waals surface area (Å²) in [7, 11) is 1.61. The van der Waals surface area contributed by atoms with Crippen LogP contribution >= 0.6 is 50.7 Å². The molecule has 0 unspecified atom stereocenters. The van der Waals surface area contributed by atoms with Gasteiger partial charge in [-0.2, -0.15) is 0 Å². The van der Waals surface area contributed by atoms with Crippen molar-refractivity contribution in [2.24, 2.45) is 0 Å². The molecule has 0 saturated carbocycles. The van der Waals surface area contributed by atoms with Gasteiger partial charge >= 0.3 is 0 Å². The molecule has 0 saturated heterocycles. The van der Waals surface area contributed by atoms with Crippen LogP contribution < -0.4 is 9.47 Å². The Morgan fingerprint density at radius 2 is 1.70 bits per heavy atom. The summed E-state index contributed by atoms with van der Waals surface area (Å²) < 4.78 is 11.9. The number of halogens is 4. The van der Waals surface area contributed by atoms with Gasteiger partial charge in [-0.3, -0.25) is 0 Å². The average molecular weight is 396 g/mol. The summed E-state index contributed by atoms with van der Waals surface area (Å²) in [5.41, 5.74) is 0.879. The first kappa shape index (κ1) is 15.8. The van der Waals surface area contributed by atoms with E-state index in [0.29, 0.717) is 20.8 Å². The summed E-state index contributed by atoms with van der Waals surface area (Å²) in [5, 5.41) is 1.21. The van der Waals surface area contributed by atoms with Crippen LogP contribution in [-0.2, 0) is 6.61 Å². The zero-order chi connectivity index (χ0) is 14.7. The topological polar surface area (TPSA) is 18.5 Å². The Hall–Kier alpha value is -0.610. The molecule has 0 bridgehead atoms. The SMILES string of the molecule is COc1ccc(Br)cc1COc1c(Cl)cc(Cl)cc1Cl. The van der Waals surface area contributed by atoms with E-state index in [9.17, 15) is 0 Å². The molecule has 0 fully saturated rings. The second kappa shape index (κ2) is 6.90. The monoisotopic (exact) mass is 394 g/mol. The maximum atomic E-state index is 6.07. The highest BCUT2D eigenvalue weighted by Gasteiger charge is 2.11. The minimum absolute atomic E-state index is 0.281. The summed E-state index contributed by atoms with van der Waals surface area (Å²) in [4.78, 5) is 0. The first-order chi connectivity index (χ1) is 9.51.